The first-order chi connectivity index (χ1) is 11.0. The summed E-state index contributed by atoms with van der Waals surface area (Å²) >= 11 is 6.24. The molecule has 4 nitrogen and oxygen atoms in total. The van der Waals surface area contributed by atoms with E-state index in [0.29, 0.717) is 5.02 Å². The third-order valence-corrected chi connectivity index (χ3v) is 3.83. The van der Waals surface area contributed by atoms with Gasteiger partial charge in [-0.25, -0.2) is 4.99 Å². The quantitative estimate of drug-likeness (QED) is 0.597. The van der Waals surface area contributed by atoms with E-state index in [9.17, 15) is 0 Å². The van der Waals surface area contributed by atoms with Crippen molar-refractivity contribution in [1.82, 2.24) is 4.90 Å². The van der Waals surface area contributed by atoms with Gasteiger partial charge in [0.15, 0.2) is 0 Å². The number of ether oxygens (including phenoxy) is 1. The SMILES string of the molecule is CCN(C)/C=N\c1cc(Cl)cc(Nc2ccc(OC)cc2)c1C. The predicted molar refractivity (Wildman–Crippen MR) is 98.9 cm³/mol. The van der Waals surface area contributed by atoms with Crippen molar-refractivity contribution in [2.75, 3.05) is 26.0 Å². The van der Waals surface area contributed by atoms with Crippen LogP contribution >= 0.6 is 11.6 Å². The molecule has 1 N–H and O–H groups in total. The van der Waals surface area contributed by atoms with Crippen molar-refractivity contribution in [2.45, 2.75) is 13.8 Å². The Balaban J connectivity index is 2.27. The second-order valence-corrected chi connectivity index (χ2v) is 5.71. The maximum Gasteiger partial charge on any atom is 0.119 e. The van der Waals surface area contributed by atoms with E-state index in [1.165, 1.54) is 0 Å². The number of halogens is 1. The van der Waals surface area contributed by atoms with Gasteiger partial charge in [-0.05, 0) is 55.8 Å². The summed E-state index contributed by atoms with van der Waals surface area (Å²) in [4.78, 5) is 6.53. The Kier molecular flexibility index (Phi) is 5.88. The lowest BCUT2D eigenvalue weighted by Crippen LogP contribution is -2.14. The summed E-state index contributed by atoms with van der Waals surface area (Å²) in [5.41, 5.74) is 3.81. The van der Waals surface area contributed by atoms with Crippen LogP contribution in [0.5, 0.6) is 5.75 Å². The molecule has 2 rings (SSSR count). The van der Waals surface area contributed by atoms with Crippen molar-refractivity contribution < 1.29 is 4.74 Å². The summed E-state index contributed by atoms with van der Waals surface area (Å²) in [6.45, 7) is 5.01. The number of rotatable bonds is 6. The number of methoxy groups -OCH3 is 1. The standard InChI is InChI=1S/C18H22ClN3O/c1-5-22(3)12-20-17-10-14(19)11-18(13(17)2)21-15-6-8-16(23-4)9-7-15/h6-12,21H,5H2,1-4H3/b20-12-. The first-order valence-corrected chi connectivity index (χ1v) is 7.87. The fraction of sp³-hybridized carbons (Fsp3) is 0.278. The lowest BCUT2D eigenvalue weighted by molar-refractivity contribution is 0.415. The van der Waals surface area contributed by atoms with Gasteiger partial charge in [0.05, 0.1) is 19.1 Å². The molecule has 2 aromatic rings. The summed E-state index contributed by atoms with van der Waals surface area (Å²) in [6.07, 6.45) is 1.82. The highest BCUT2D eigenvalue weighted by Gasteiger charge is 2.07. The van der Waals surface area contributed by atoms with Crippen molar-refractivity contribution in [3.8, 4) is 5.75 Å². The second kappa shape index (κ2) is 7.88. The van der Waals surface area contributed by atoms with E-state index < -0.39 is 0 Å². The minimum Gasteiger partial charge on any atom is -0.497 e. The van der Waals surface area contributed by atoms with E-state index >= 15 is 0 Å². The summed E-state index contributed by atoms with van der Waals surface area (Å²) < 4.78 is 5.17. The van der Waals surface area contributed by atoms with Gasteiger partial charge < -0.3 is 15.0 Å². The average molecular weight is 332 g/mol. The van der Waals surface area contributed by atoms with Crippen LogP contribution in [-0.4, -0.2) is 31.9 Å². The monoisotopic (exact) mass is 331 g/mol. The van der Waals surface area contributed by atoms with E-state index in [1.54, 1.807) is 7.11 Å². The molecule has 0 atom stereocenters. The van der Waals surface area contributed by atoms with E-state index in [4.69, 9.17) is 16.3 Å². The summed E-state index contributed by atoms with van der Waals surface area (Å²) in [7, 11) is 3.64. The minimum atomic E-state index is 0.651. The first-order valence-electron chi connectivity index (χ1n) is 7.49. The second-order valence-electron chi connectivity index (χ2n) is 5.27. The van der Waals surface area contributed by atoms with Crippen molar-refractivity contribution in [2.24, 2.45) is 4.99 Å². The maximum atomic E-state index is 6.24. The largest absolute Gasteiger partial charge is 0.497 e. The van der Waals surface area contributed by atoms with Gasteiger partial charge >= 0.3 is 0 Å². The van der Waals surface area contributed by atoms with Crippen LogP contribution in [-0.2, 0) is 0 Å². The fourth-order valence-electron chi connectivity index (χ4n) is 2.00. The van der Waals surface area contributed by atoms with Crippen LogP contribution in [0.4, 0.5) is 17.1 Å². The number of nitrogens with one attached hydrogen (secondary N) is 1. The van der Waals surface area contributed by atoms with Gasteiger partial charge in [-0.2, -0.15) is 0 Å². The Hall–Kier alpha value is -2.20. The van der Waals surface area contributed by atoms with E-state index in [1.807, 2.05) is 61.6 Å². The molecular formula is C18H22ClN3O. The molecule has 0 heterocycles. The van der Waals surface area contributed by atoms with Gasteiger partial charge in [0.1, 0.15) is 5.75 Å². The van der Waals surface area contributed by atoms with Crippen LogP contribution < -0.4 is 10.1 Å². The van der Waals surface area contributed by atoms with Gasteiger partial charge in [0.25, 0.3) is 0 Å². The number of benzene rings is 2. The Bertz CT molecular complexity index is 683. The zero-order valence-corrected chi connectivity index (χ0v) is 14.7. The van der Waals surface area contributed by atoms with Crippen LogP contribution in [0.3, 0.4) is 0 Å². The van der Waals surface area contributed by atoms with Gasteiger partial charge in [-0.1, -0.05) is 11.6 Å². The summed E-state index contributed by atoms with van der Waals surface area (Å²) in [6, 6.07) is 11.5. The molecular weight excluding hydrogens is 310 g/mol. The zero-order valence-electron chi connectivity index (χ0n) is 13.9. The van der Waals surface area contributed by atoms with Gasteiger partial charge in [0.2, 0.25) is 0 Å². The van der Waals surface area contributed by atoms with Gasteiger partial charge in [-0.3, -0.25) is 0 Å². The van der Waals surface area contributed by atoms with Gasteiger partial charge in [-0.15, -0.1) is 0 Å². The molecule has 23 heavy (non-hydrogen) atoms. The molecule has 0 bridgehead atoms. The topological polar surface area (TPSA) is 36.9 Å². The van der Waals surface area contributed by atoms with Crippen LogP contribution in [0.1, 0.15) is 12.5 Å². The van der Waals surface area contributed by atoms with Gasteiger partial charge in [0, 0.05) is 30.0 Å². The number of nitrogens with zero attached hydrogens (tertiary/aromatic N) is 2. The number of aliphatic imine (C=N–C) groups is 1. The number of hydrogen-bond acceptors (Lipinski definition) is 3. The molecule has 0 saturated heterocycles. The molecule has 0 aromatic heterocycles. The van der Waals surface area contributed by atoms with E-state index in [2.05, 4.69) is 17.2 Å². The first kappa shape index (κ1) is 17.2. The molecule has 0 radical (unpaired) electrons. The number of anilines is 2. The van der Waals surface area contributed by atoms with Crippen molar-refractivity contribution in [1.29, 1.82) is 0 Å². The molecule has 122 valence electrons. The molecule has 0 aliphatic rings. The lowest BCUT2D eigenvalue weighted by Gasteiger charge is -2.14. The van der Waals surface area contributed by atoms with Crippen molar-refractivity contribution >= 4 is 35.0 Å². The highest BCUT2D eigenvalue weighted by Crippen LogP contribution is 2.32. The highest BCUT2D eigenvalue weighted by molar-refractivity contribution is 6.31. The predicted octanol–water partition coefficient (Wildman–Crippen LogP) is 5.01. The van der Waals surface area contributed by atoms with E-state index in [-0.39, 0.29) is 0 Å². The Morgan fingerprint density at radius 3 is 2.57 bits per heavy atom. The summed E-state index contributed by atoms with van der Waals surface area (Å²) in [5.74, 6) is 0.825. The molecule has 0 fully saturated rings. The van der Waals surface area contributed by atoms with E-state index in [0.717, 1.165) is 34.9 Å². The average Bonchev–Trinajstić information content (AvgIpc) is 2.56. The molecule has 5 heteroatoms. The normalized spacial score (nSPS) is 10.8. The third-order valence-electron chi connectivity index (χ3n) is 3.61. The lowest BCUT2D eigenvalue weighted by atomic mass is 10.1. The Morgan fingerprint density at radius 2 is 1.96 bits per heavy atom. The maximum absolute atomic E-state index is 6.24. The summed E-state index contributed by atoms with van der Waals surface area (Å²) in [5, 5.41) is 4.03. The third kappa shape index (κ3) is 4.63. The molecule has 0 aliphatic carbocycles. The highest BCUT2D eigenvalue weighted by atomic mass is 35.5. The molecule has 2 aromatic carbocycles. The Morgan fingerprint density at radius 1 is 1.26 bits per heavy atom. The van der Waals surface area contributed by atoms with Crippen LogP contribution in [0.25, 0.3) is 0 Å². The zero-order chi connectivity index (χ0) is 16.8. The minimum absolute atomic E-state index is 0.651. The fourth-order valence-corrected chi connectivity index (χ4v) is 2.21. The van der Waals surface area contributed by atoms with Crippen LogP contribution in [0, 0.1) is 6.92 Å². The smallest absolute Gasteiger partial charge is 0.119 e. The van der Waals surface area contributed by atoms with Crippen LogP contribution in [0.2, 0.25) is 5.02 Å². The van der Waals surface area contributed by atoms with Crippen molar-refractivity contribution in [3.63, 3.8) is 0 Å². The van der Waals surface area contributed by atoms with Crippen molar-refractivity contribution in [3.05, 3.63) is 47.0 Å². The molecule has 0 unspecified atom stereocenters. The Labute approximate surface area is 142 Å². The number of hydrogen-bond donors (Lipinski definition) is 1. The molecule has 0 saturated carbocycles. The molecule has 0 spiro atoms. The van der Waals surface area contributed by atoms with Crippen LogP contribution in [0.15, 0.2) is 41.4 Å². The molecule has 0 aliphatic heterocycles. The molecule has 0 amide bonds.